The van der Waals surface area contributed by atoms with E-state index in [9.17, 15) is 0 Å². The quantitative estimate of drug-likeness (QED) is 0.318. The van der Waals surface area contributed by atoms with Gasteiger partial charge in [0.2, 0.25) is 0 Å². The zero-order chi connectivity index (χ0) is 21.1. The summed E-state index contributed by atoms with van der Waals surface area (Å²) in [6.45, 7) is 10.5. The molecule has 0 atom stereocenters. The summed E-state index contributed by atoms with van der Waals surface area (Å²) in [5, 5.41) is 1.20. The Labute approximate surface area is 179 Å². The van der Waals surface area contributed by atoms with Crippen molar-refractivity contribution < 1.29 is 0 Å². The van der Waals surface area contributed by atoms with Crippen molar-refractivity contribution in [2.24, 2.45) is 0 Å². The van der Waals surface area contributed by atoms with E-state index in [-0.39, 0.29) is 0 Å². The van der Waals surface area contributed by atoms with Gasteiger partial charge in [0, 0.05) is 11.1 Å². The molecule has 3 aromatic carbocycles. The van der Waals surface area contributed by atoms with Gasteiger partial charge in [-0.1, -0.05) is 97.9 Å². The van der Waals surface area contributed by atoms with E-state index >= 15 is 0 Å². The van der Waals surface area contributed by atoms with Gasteiger partial charge in [-0.15, -0.1) is 0 Å². The molecule has 0 aliphatic rings. The molecule has 1 heteroatoms. The van der Waals surface area contributed by atoms with E-state index in [1.807, 2.05) is 6.92 Å². The number of hydrogen-bond donors (Lipinski definition) is 0. The molecule has 0 fully saturated rings. The highest BCUT2D eigenvalue weighted by Gasteiger charge is 2.16. The van der Waals surface area contributed by atoms with E-state index in [1.165, 1.54) is 38.8 Å². The van der Waals surface area contributed by atoms with Crippen LogP contribution in [0.1, 0.15) is 36.2 Å². The van der Waals surface area contributed by atoms with Crippen LogP contribution in [0.4, 0.5) is 0 Å². The number of benzene rings is 3. The van der Waals surface area contributed by atoms with Crippen molar-refractivity contribution >= 4 is 16.5 Å². The Morgan fingerprint density at radius 3 is 2.23 bits per heavy atom. The van der Waals surface area contributed by atoms with Gasteiger partial charge >= 0.3 is 0 Å². The lowest BCUT2D eigenvalue weighted by atomic mass is 9.88. The Morgan fingerprint density at radius 1 is 0.933 bits per heavy atom. The van der Waals surface area contributed by atoms with Gasteiger partial charge in [-0.3, -0.25) is 4.98 Å². The first-order valence-corrected chi connectivity index (χ1v) is 10.5. The van der Waals surface area contributed by atoms with Gasteiger partial charge in [0.1, 0.15) is 0 Å². The third kappa shape index (κ3) is 3.84. The fraction of sp³-hybridized carbons (Fsp3) is 0.138. The van der Waals surface area contributed by atoms with E-state index in [4.69, 9.17) is 4.98 Å². The number of rotatable bonds is 5. The number of aryl methyl sites for hydroxylation is 2. The number of fused-ring (bicyclic) bond motifs is 1. The van der Waals surface area contributed by atoms with Gasteiger partial charge in [-0.05, 0) is 59.7 Å². The second-order valence-electron chi connectivity index (χ2n) is 7.79. The van der Waals surface area contributed by atoms with Crippen molar-refractivity contribution in [3.8, 4) is 11.1 Å². The fourth-order valence-corrected chi connectivity index (χ4v) is 4.12. The third-order valence-corrected chi connectivity index (χ3v) is 5.42. The van der Waals surface area contributed by atoms with Gasteiger partial charge in [0.05, 0.1) is 5.52 Å². The van der Waals surface area contributed by atoms with Crippen LogP contribution in [0, 0.1) is 6.92 Å². The van der Waals surface area contributed by atoms with Crippen molar-refractivity contribution in [3.63, 3.8) is 0 Å². The summed E-state index contributed by atoms with van der Waals surface area (Å²) in [7, 11) is 0. The molecule has 4 rings (SSSR count). The summed E-state index contributed by atoms with van der Waals surface area (Å²) in [6, 6.07) is 27.8. The number of aromatic nitrogens is 1. The lowest BCUT2D eigenvalue weighted by Crippen LogP contribution is -2.00. The largest absolute Gasteiger partial charge is 0.253 e. The van der Waals surface area contributed by atoms with Gasteiger partial charge in [-0.2, -0.15) is 0 Å². The molecule has 0 aliphatic heterocycles. The molecule has 1 aromatic heterocycles. The van der Waals surface area contributed by atoms with Gasteiger partial charge in [0.15, 0.2) is 0 Å². The van der Waals surface area contributed by atoms with E-state index < -0.39 is 0 Å². The molecule has 0 aliphatic carbocycles. The van der Waals surface area contributed by atoms with Crippen molar-refractivity contribution in [1.82, 2.24) is 4.98 Å². The van der Waals surface area contributed by atoms with Crippen molar-refractivity contribution in [1.29, 1.82) is 0 Å². The van der Waals surface area contributed by atoms with Crippen molar-refractivity contribution in [3.05, 3.63) is 119 Å². The minimum atomic E-state index is 0.914. The summed E-state index contributed by atoms with van der Waals surface area (Å²) in [4.78, 5) is 5.00. The number of allylic oxidation sites excluding steroid dienone is 2. The maximum Gasteiger partial charge on any atom is 0.0749 e. The van der Waals surface area contributed by atoms with Gasteiger partial charge in [0.25, 0.3) is 0 Å². The molecule has 0 unspecified atom stereocenters. The molecule has 30 heavy (non-hydrogen) atoms. The van der Waals surface area contributed by atoms with Crippen LogP contribution < -0.4 is 0 Å². The van der Waals surface area contributed by atoms with Crippen LogP contribution in [0.2, 0.25) is 0 Å². The molecule has 4 aromatic rings. The predicted octanol–water partition coefficient (Wildman–Crippen LogP) is 7.78. The molecule has 0 saturated carbocycles. The summed E-state index contributed by atoms with van der Waals surface area (Å²) >= 11 is 0. The first-order chi connectivity index (χ1) is 14.6. The Balaban J connectivity index is 2.02. The number of nitrogens with zero attached hydrogens (tertiary/aromatic N) is 1. The molecule has 0 bridgehead atoms. The average molecular weight is 390 g/mol. The van der Waals surface area contributed by atoms with Crippen LogP contribution in [-0.2, 0) is 6.42 Å². The molecule has 0 spiro atoms. The Hall–Kier alpha value is -3.45. The summed E-state index contributed by atoms with van der Waals surface area (Å²) in [5.74, 6) is 0. The minimum Gasteiger partial charge on any atom is -0.253 e. The Bertz CT molecular complexity index is 1230. The fourth-order valence-electron chi connectivity index (χ4n) is 4.12. The van der Waals surface area contributed by atoms with E-state index in [0.717, 1.165) is 23.2 Å². The second kappa shape index (κ2) is 8.51. The second-order valence-corrected chi connectivity index (χ2v) is 7.79. The van der Waals surface area contributed by atoms with Crippen molar-refractivity contribution in [2.45, 2.75) is 27.2 Å². The van der Waals surface area contributed by atoms with Crippen LogP contribution in [0.5, 0.6) is 0 Å². The average Bonchev–Trinajstić information content (AvgIpc) is 2.77. The molecule has 148 valence electrons. The molecule has 0 amide bonds. The molecule has 0 N–H and O–H groups in total. The number of hydrogen-bond acceptors (Lipinski definition) is 1. The lowest BCUT2D eigenvalue weighted by molar-refractivity contribution is 1.12. The minimum absolute atomic E-state index is 0.914. The summed E-state index contributed by atoms with van der Waals surface area (Å²) in [6.07, 6.45) is 3.10. The van der Waals surface area contributed by atoms with Gasteiger partial charge < -0.3 is 0 Å². The first kappa shape index (κ1) is 19.8. The summed E-state index contributed by atoms with van der Waals surface area (Å²) < 4.78 is 0. The molecular weight excluding hydrogens is 362 g/mol. The maximum absolute atomic E-state index is 5.00. The highest BCUT2D eigenvalue weighted by Crippen LogP contribution is 2.36. The standard InChI is InChI=1S/C29H27N/c1-5-24-25(27(18-20(2)3)22-12-8-6-9-13-22)16-17-26-28(19-21(4)30-29(24)26)23-14-10-7-11-15-23/h6-19H,2,5H2,1,3-4H3/b27-18-. The van der Waals surface area contributed by atoms with E-state index in [1.54, 1.807) is 0 Å². The van der Waals surface area contributed by atoms with E-state index in [2.05, 4.69) is 105 Å². The highest BCUT2D eigenvalue weighted by atomic mass is 14.7. The third-order valence-electron chi connectivity index (χ3n) is 5.42. The summed E-state index contributed by atoms with van der Waals surface area (Å²) in [5.41, 5.74) is 10.6. The zero-order valence-corrected chi connectivity index (χ0v) is 17.9. The monoisotopic (exact) mass is 389 g/mol. The van der Waals surface area contributed by atoms with Crippen LogP contribution in [0.15, 0.2) is 97.1 Å². The number of pyridine rings is 1. The normalized spacial score (nSPS) is 11.6. The van der Waals surface area contributed by atoms with Gasteiger partial charge in [-0.25, -0.2) is 0 Å². The molecule has 1 nitrogen and oxygen atoms in total. The van der Waals surface area contributed by atoms with Crippen LogP contribution >= 0.6 is 0 Å². The van der Waals surface area contributed by atoms with Crippen LogP contribution in [-0.4, -0.2) is 4.98 Å². The highest BCUT2D eigenvalue weighted by molar-refractivity contribution is 5.99. The lowest BCUT2D eigenvalue weighted by Gasteiger charge is -2.17. The Morgan fingerprint density at radius 2 is 1.60 bits per heavy atom. The SMILES string of the molecule is C=C(C)/C=C(/c1ccccc1)c1ccc2c(-c3ccccc3)cc(C)nc2c1CC. The maximum atomic E-state index is 5.00. The zero-order valence-electron chi connectivity index (χ0n) is 17.9. The predicted molar refractivity (Wildman–Crippen MR) is 130 cm³/mol. The molecular formula is C29H27N. The Kier molecular flexibility index (Phi) is 5.63. The first-order valence-electron chi connectivity index (χ1n) is 10.5. The van der Waals surface area contributed by atoms with Crippen molar-refractivity contribution in [2.75, 3.05) is 0 Å². The van der Waals surface area contributed by atoms with Crippen LogP contribution in [0.3, 0.4) is 0 Å². The smallest absolute Gasteiger partial charge is 0.0749 e. The topological polar surface area (TPSA) is 12.9 Å². The van der Waals surface area contributed by atoms with Crippen LogP contribution in [0.25, 0.3) is 27.6 Å². The molecule has 0 radical (unpaired) electrons. The molecule has 1 heterocycles. The molecule has 0 saturated heterocycles. The van der Waals surface area contributed by atoms with E-state index in [0.29, 0.717) is 0 Å².